The summed E-state index contributed by atoms with van der Waals surface area (Å²) in [6.07, 6.45) is 0. The van der Waals surface area contributed by atoms with Crippen LogP contribution in [0.3, 0.4) is 0 Å². The highest BCUT2D eigenvalue weighted by molar-refractivity contribution is 7.23. The lowest BCUT2D eigenvalue weighted by atomic mass is 9.81. The van der Waals surface area contributed by atoms with E-state index in [4.69, 9.17) is 0 Å². The fourth-order valence-electron chi connectivity index (χ4n) is 5.13. The van der Waals surface area contributed by atoms with Crippen LogP contribution in [0.1, 0.15) is 25.0 Å². The molecule has 1 aliphatic carbocycles. The zero-order valence-corrected chi connectivity index (χ0v) is 22.6. The zero-order chi connectivity index (χ0) is 23.6. The van der Waals surface area contributed by atoms with Gasteiger partial charge in [-0.2, -0.15) is 0 Å². The van der Waals surface area contributed by atoms with Crippen molar-refractivity contribution in [2.75, 3.05) is 0 Å². The van der Waals surface area contributed by atoms with Crippen LogP contribution in [0.25, 0.3) is 51.5 Å². The van der Waals surface area contributed by atoms with Gasteiger partial charge in [-0.25, -0.2) is 0 Å². The number of hydrogen-bond acceptors (Lipinski definition) is 4. The van der Waals surface area contributed by atoms with E-state index >= 15 is 0 Å². The van der Waals surface area contributed by atoms with E-state index in [0.29, 0.717) is 0 Å². The number of benzene rings is 2. The minimum Gasteiger partial charge on any atom is -0.143 e. The fourth-order valence-corrected chi connectivity index (χ4v) is 8.81. The SMILES string of the molecule is CC1(C)c2cc(-c3ccc(-c4cccs4)s3)ccc2-c2ccc(-c3ccc(-c4cccs4)s3)cc21. The molecule has 0 nitrogen and oxygen atoms in total. The van der Waals surface area contributed by atoms with Crippen molar-refractivity contribution in [2.45, 2.75) is 19.3 Å². The van der Waals surface area contributed by atoms with E-state index in [0.717, 1.165) is 0 Å². The first-order valence-corrected chi connectivity index (χ1v) is 15.0. The van der Waals surface area contributed by atoms with Crippen molar-refractivity contribution < 1.29 is 0 Å². The van der Waals surface area contributed by atoms with Gasteiger partial charge in [0.2, 0.25) is 0 Å². The monoisotopic (exact) mass is 522 g/mol. The average molecular weight is 523 g/mol. The van der Waals surface area contributed by atoms with Gasteiger partial charge in [-0.15, -0.1) is 45.3 Å². The molecule has 4 heterocycles. The van der Waals surface area contributed by atoms with Crippen molar-refractivity contribution in [2.24, 2.45) is 0 Å². The molecule has 170 valence electrons. The summed E-state index contributed by atoms with van der Waals surface area (Å²) in [5.41, 5.74) is 8.21. The Morgan fingerprint density at radius 3 is 1.37 bits per heavy atom. The molecule has 2 aromatic carbocycles. The van der Waals surface area contributed by atoms with E-state index in [1.54, 1.807) is 0 Å². The molecule has 4 aromatic heterocycles. The van der Waals surface area contributed by atoms with Crippen molar-refractivity contribution in [3.8, 4) is 51.5 Å². The second-order valence-electron chi connectivity index (χ2n) is 9.43. The van der Waals surface area contributed by atoms with Gasteiger partial charge in [0.05, 0.1) is 0 Å². The van der Waals surface area contributed by atoms with Crippen LogP contribution in [-0.4, -0.2) is 0 Å². The van der Waals surface area contributed by atoms with E-state index in [2.05, 4.69) is 110 Å². The maximum atomic E-state index is 2.43. The summed E-state index contributed by atoms with van der Waals surface area (Å²) in [4.78, 5) is 8.06. The van der Waals surface area contributed by atoms with Crippen LogP contribution < -0.4 is 0 Å². The molecule has 0 atom stereocenters. The average Bonchev–Trinajstić information content (AvgIpc) is 3.70. The second kappa shape index (κ2) is 8.14. The lowest BCUT2D eigenvalue weighted by Gasteiger charge is -2.22. The van der Waals surface area contributed by atoms with Gasteiger partial charge in [-0.05, 0) is 92.7 Å². The Labute approximate surface area is 221 Å². The van der Waals surface area contributed by atoms with E-state index in [1.165, 1.54) is 62.6 Å². The number of fused-ring (bicyclic) bond motifs is 3. The quantitative estimate of drug-likeness (QED) is 0.216. The standard InChI is InChI=1S/C31H22S4/c1-31(2)23-17-19(25-11-13-29(34-25)27-5-3-15-32-27)7-9-21(23)22-10-8-20(18-24(22)31)26-12-14-30(35-26)28-6-4-16-33-28/h3-18H,1-2H3. The normalized spacial score (nSPS) is 13.7. The molecule has 0 unspecified atom stereocenters. The number of hydrogen-bond donors (Lipinski definition) is 0. The third-order valence-corrected chi connectivity index (χ3v) is 11.4. The Bertz CT molecular complexity index is 1530. The summed E-state index contributed by atoms with van der Waals surface area (Å²) in [6, 6.07) is 31.9. The molecule has 6 aromatic rings. The molecule has 4 heteroatoms. The first kappa shape index (κ1) is 21.5. The summed E-state index contributed by atoms with van der Waals surface area (Å²) in [5.74, 6) is 0. The predicted molar refractivity (Wildman–Crippen MR) is 157 cm³/mol. The van der Waals surface area contributed by atoms with Gasteiger partial charge in [0.25, 0.3) is 0 Å². The molecule has 0 aliphatic heterocycles. The van der Waals surface area contributed by atoms with Gasteiger partial charge in [-0.1, -0.05) is 50.2 Å². The third-order valence-electron chi connectivity index (χ3n) is 6.99. The Balaban J connectivity index is 1.26. The first-order chi connectivity index (χ1) is 17.1. The molecular formula is C31H22S4. The largest absolute Gasteiger partial charge is 0.143 e. The van der Waals surface area contributed by atoms with Crippen molar-refractivity contribution >= 4 is 45.3 Å². The highest BCUT2D eigenvalue weighted by Crippen LogP contribution is 2.51. The summed E-state index contributed by atoms with van der Waals surface area (Å²) < 4.78 is 0. The number of thiophene rings is 4. The van der Waals surface area contributed by atoms with Gasteiger partial charge < -0.3 is 0 Å². The van der Waals surface area contributed by atoms with E-state index in [-0.39, 0.29) is 5.41 Å². The molecule has 0 bridgehead atoms. The number of rotatable bonds is 4. The van der Waals surface area contributed by atoms with Crippen LogP contribution >= 0.6 is 45.3 Å². The van der Waals surface area contributed by atoms with Crippen molar-refractivity contribution in [3.63, 3.8) is 0 Å². The maximum absolute atomic E-state index is 2.43. The molecule has 0 fully saturated rings. The molecular weight excluding hydrogens is 501 g/mol. The van der Waals surface area contributed by atoms with Crippen LogP contribution in [0.2, 0.25) is 0 Å². The molecule has 0 N–H and O–H groups in total. The van der Waals surface area contributed by atoms with Gasteiger partial charge >= 0.3 is 0 Å². The Morgan fingerprint density at radius 1 is 0.486 bits per heavy atom. The second-order valence-corrected chi connectivity index (χ2v) is 13.5. The molecule has 0 radical (unpaired) electrons. The van der Waals surface area contributed by atoms with E-state index in [9.17, 15) is 0 Å². The van der Waals surface area contributed by atoms with Crippen LogP contribution in [0.5, 0.6) is 0 Å². The molecule has 1 aliphatic rings. The van der Waals surface area contributed by atoms with Gasteiger partial charge in [0, 0.05) is 34.7 Å². The molecule has 0 amide bonds. The smallest absolute Gasteiger partial charge is 0.0449 e. The maximum Gasteiger partial charge on any atom is 0.0449 e. The summed E-state index contributed by atoms with van der Waals surface area (Å²) in [5, 5.41) is 4.30. The zero-order valence-electron chi connectivity index (χ0n) is 19.4. The van der Waals surface area contributed by atoms with Crippen LogP contribution in [0.4, 0.5) is 0 Å². The van der Waals surface area contributed by atoms with Gasteiger partial charge in [-0.3, -0.25) is 0 Å². The van der Waals surface area contributed by atoms with Crippen LogP contribution in [0.15, 0.2) is 95.7 Å². The topological polar surface area (TPSA) is 0 Å². The van der Waals surface area contributed by atoms with Gasteiger partial charge in [0.15, 0.2) is 0 Å². The predicted octanol–water partition coefficient (Wildman–Crippen LogP) is 10.9. The van der Waals surface area contributed by atoms with Crippen molar-refractivity contribution in [3.05, 3.63) is 107 Å². The Hall–Kier alpha value is -2.76. The fraction of sp³-hybridized carbons (Fsp3) is 0.0968. The Morgan fingerprint density at radius 2 is 0.943 bits per heavy atom. The first-order valence-electron chi connectivity index (χ1n) is 11.7. The summed E-state index contributed by atoms with van der Waals surface area (Å²) >= 11 is 7.39. The minimum atomic E-state index is -0.0294. The molecule has 7 rings (SSSR count). The van der Waals surface area contributed by atoms with Crippen LogP contribution in [0, 0.1) is 0 Å². The van der Waals surface area contributed by atoms with Crippen molar-refractivity contribution in [1.82, 2.24) is 0 Å². The highest BCUT2D eigenvalue weighted by atomic mass is 32.1. The molecule has 0 saturated heterocycles. The van der Waals surface area contributed by atoms with Crippen LogP contribution in [-0.2, 0) is 5.41 Å². The summed E-state index contributed by atoms with van der Waals surface area (Å²) in [7, 11) is 0. The Kier molecular flexibility index (Phi) is 5.00. The van der Waals surface area contributed by atoms with E-state index in [1.807, 2.05) is 45.3 Å². The van der Waals surface area contributed by atoms with E-state index < -0.39 is 0 Å². The third kappa shape index (κ3) is 3.51. The van der Waals surface area contributed by atoms with Gasteiger partial charge in [0.1, 0.15) is 0 Å². The molecule has 0 saturated carbocycles. The molecule has 35 heavy (non-hydrogen) atoms. The molecule has 0 spiro atoms. The van der Waals surface area contributed by atoms with Crippen molar-refractivity contribution in [1.29, 1.82) is 0 Å². The lowest BCUT2D eigenvalue weighted by Crippen LogP contribution is -2.15. The summed E-state index contributed by atoms with van der Waals surface area (Å²) in [6.45, 7) is 4.75. The lowest BCUT2D eigenvalue weighted by molar-refractivity contribution is 0.661. The highest BCUT2D eigenvalue weighted by Gasteiger charge is 2.36. The minimum absolute atomic E-state index is 0.0294.